The fourth-order valence-corrected chi connectivity index (χ4v) is 3.10. The molecule has 1 atom stereocenters. The second kappa shape index (κ2) is 8.11. The van der Waals surface area contributed by atoms with Crippen molar-refractivity contribution in [2.75, 3.05) is 23.0 Å². The molecule has 5 heteroatoms. The molecule has 0 heterocycles. The van der Waals surface area contributed by atoms with Crippen LogP contribution in [0, 0.1) is 0 Å². The second-order valence-electron chi connectivity index (χ2n) is 5.86. The standard InChI is InChI=1S/C19H24N2O2S/c1-5-21(14(2)3)17-10-8-16(9-11-17)20-19(22)15-6-12-18(13-7-15)24(4)23/h6-14H,5H2,1-4H3,(H,20,22). The summed E-state index contributed by atoms with van der Waals surface area (Å²) in [4.78, 5) is 15.3. The van der Waals surface area contributed by atoms with E-state index in [-0.39, 0.29) is 5.91 Å². The van der Waals surface area contributed by atoms with E-state index in [2.05, 4.69) is 31.0 Å². The highest BCUT2D eigenvalue weighted by Crippen LogP contribution is 2.20. The molecule has 0 fully saturated rings. The highest BCUT2D eigenvalue weighted by Gasteiger charge is 2.10. The van der Waals surface area contributed by atoms with Crippen molar-refractivity contribution >= 4 is 28.1 Å². The van der Waals surface area contributed by atoms with Crippen LogP contribution in [0.1, 0.15) is 31.1 Å². The molecule has 128 valence electrons. The van der Waals surface area contributed by atoms with Crippen molar-refractivity contribution < 1.29 is 9.00 Å². The average Bonchev–Trinajstić information content (AvgIpc) is 2.56. The Morgan fingerprint density at radius 2 is 1.67 bits per heavy atom. The minimum atomic E-state index is -1.04. The van der Waals surface area contributed by atoms with Crippen molar-refractivity contribution in [3.8, 4) is 0 Å². The van der Waals surface area contributed by atoms with Crippen molar-refractivity contribution in [1.29, 1.82) is 0 Å². The summed E-state index contributed by atoms with van der Waals surface area (Å²) in [6, 6.07) is 15.1. The van der Waals surface area contributed by atoms with Crippen molar-refractivity contribution in [1.82, 2.24) is 0 Å². The molecule has 4 nitrogen and oxygen atoms in total. The van der Waals surface area contributed by atoms with Gasteiger partial charge in [0, 0.05) is 51.5 Å². The molecule has 1 amide bonds. The van der Waals surface area contributed by atoms with Gasteiger partial charge in [0.2, 0.25) is 0 Å². The first-order valence-electron chi connectivity index (χ1n) is 8.04. The summed E-state index contributed by atoms with van der Waals surface area (Å²) in [6.07, 6.45) is 1.62. The summed E-state index contributed by atoms with van der Waals surface area (Å²) in [5.74, 6) is -0.174. The molecule has 2 aromatic rings. The molecular formula is C19H24N2O2S. The summed E-state index contributed by atoms with van der Waals surface area (Å²) in [6.45, 7) is 7.38. The molecule has 0 saturated carbocycles. The maximum atomic E-state index is 12.3. The minimum absolute atomic E-state index is 0.174. The van der Waals surface area contributed by atoms with E-state index in [1.807, 2.05) is 24.3 Å². The second-order valence-corrected chi connectivity index (χ2v) is 7.24. The number of benzene rings is 2. The fourth-order valence-electron chi connectivity index (χ4n) is 2.58. The minimum Gasteiger partial charge on any atom is -0.369 e. The fraction of sp³-hybridized carbons (Fsp3) is 0.316. The van der Waals surface area contributed by atoms with Crippen molar-refractivity contribution in [3.05, 3.63) is 54.1 Å². The van der Waals surface area contributed by atoms with Gasteiger partial charge in [0.1, 0.15) is 0 Å². The molecule has 0 bridgehead atoms. The van der Waals surface area contributed by atoms with Gasteiger partial charge in [-0.15, -0.1) is 0 Å². The molecule has 1 unspecified atom stereocenters. The van der Waals surface area contributed by atoms with Gasteiger partial charge in [-0.2, -0.15) is 0 Å². The summed E-state index contributed by atoms with van der Waals surface area (Å²) in [5.41, 5.74) is 2.44. The lowest BCUT2D eigenvalue weighted by molar-refractivity contribution is 0.102. The maximum Gasteiger partial charge on any atom is 0.255 e. The van der Waals surface area contributed by atoms with Gasteiger partial charge < -0.3 is 10.2 Å². The largest absolute Gasteiger partial charge is 0.369 e. The van der Waals surface area contributed by atoms with Crippen molar-refractivity contribution in [3.63, 3.8) is 0 Å². The number of hydrogen-bond acceptors (Lipinski definition) is 3. The van der Waals surface area contributed by atoms with Gasteiger partial charge in [0.15, 0.2) is 0 Å². The van der Waals surface area contributed by atoms with E-state index in [4.69, 9.17) is 0 Å². The van der Waals surface area contributed by atoms with E-state index >= 15 is 0 Å². The van der Waals surface area contributed by atoms with Crippen LogP contribution in [-0.2, 0) is 10.8 Å². The third kappa shape index (κ3) is 4.45. The third-order valence-electron chi connectivity index (χ3n) is 3.87. The van der Waals surface area contributed by atoms with Gasteiger partial charge in [-0.25, -0.2) is 0 Å². The van der Waals surface area contributed by atoms with Crippen molar-refractivity contribution in [2.24, 2.45) is 0 Å². The van der Waals surface area contributed by atoms with Crippen LogP contribution < -0.4 is 10.2 Å². The van der Waals surface area contributed by atoms with Gasteiger partial charge in [0.05, 0.1) is 0 Å². The van der Waals surface area contributed by atoms with Gasteiger partial charge in [-0.3, -0.25) is 9.00 Å². The lowest BCUT2D eigenvalue weighted by Crippen LogP contribution is -2.30. The van der Waals surface area contributed by atoms with Crippen LogP contribution in [0.2, 0.25) is 0 Å². The highest BCUT2D eigenvalue weighted by molar-refractivity contribution is 7.84. The van der Waals surface area contributed by atoms with Crippen LogP contribution in [0.3, 0.4) is 0 Å². The van der Waals surface area contributed by atoms with Crippen LogP contribution in [-0.4, -0.2) is 29.0 Å². The summed E-state index contributed by atoms with van der Waals surface area (Å²) >= 11 is 0. The average molecular weight is 344 g/mol. The zero-order valence-corrected chi connectivity index (χ0v) is 15.4. The maximum absolute atomic E-state index is 12.3. The van der Waals surface area contributed by atoms with E-state index in [1.165, 1.54) is 0 Å². The molecule has 0 radical (unpaired) electrons. The number of rotatable bonds is 6. The van der Waals surface area contributed by atoms with Crippen LogP contribution in [0.5, 0.6) is 0 Å². The highest BCUT2D eigenvalue weighted by atomic mass is 32.2. The van der Waals surface area contributed by atoms with Gasteiger partial charge in [0.25, 0.3) is 5.91 Å². The van der Waals surface area contributed by atoms with Crippen LogP contribution in [0.25, 0.3) is 0 Å². The van der Waals surface area contributed by atoms with E-state index in [0.29, 0.717) is 16.5 Å². The Morgan fingerprint density at radius 3 is 2.12 bits per heavy atom. The molecule has 0 spiro atoms. The Labute approximate surface area is 146 Å². The summed E-state index contributed by atoms with van der Waals surface area (Å²) in [7, 11) is -1.04. The molecule has 2 aromatic carbocycles. The number of hydrogen-bond donors (Lipinski definition) is 1. The number of amides is 1. The number of carbonyl (C=O) groups excluding carboxylic acids is 1. The third-order valence-corrected chi connectivity index (χ3v) is 4.81. The molecular weight excluding hydrogens is 320 g/mol. The summed E-state index contributed by atoms with van der Waals surface area (Å²) in [5, 5.41) is 2.89. The number of anilines is 2. The first-order valence-corrected chi connectivity index (χ1v) is 9.59. The zero-order chi connectivity index (χ0) is 17.7. The van der Waals surface area contributed by atoms with Crippen LogP contribution >= 0.6 is 0 Å². The summed E-state index contributed by atoms with van der Waals surface area (Å²) < 4.78 is 11.4. The molecule has 24 heavy (non-hydrogen) atoms. The van der Waals surface area contributed by atoms with E-state index < -0.39 is 10.8 Å². The monoisotopic (exact) mass is 344 g/mol. The first kappa shape index (κ1) is 18.2. The van der Waals surface area contributed by atoms with Gasteiger partial charge in [-0.1, -0.05) is 0 Å². The topological polar surface area (TPSA) is 49.4 Å². The molecule has 0 aromatic heterocycles. The molecule has 0 saturated heterocycles. The lowest BCUT2D eigenvalue weighted by Gasteiger charge is -2.27. The predicted molar refractivity (Wildman–Crippen MR) is 101 cm³/mol. The zero-order valence-electron chi connectivity index (χ0n) is 14.6. The Bertz CT molecular complexity index is 709. The first-order chi connectivity index (χ1) is 11.4. The van der Waals surface area contributed by atoms with Gasteiger partial charge in [-0.05, 0) is 69.3 Å². The van der Waals surface area contributed by atoms with Crippen molar-refractivity contribution in [2.45, 2.75) is 31.7 Å². The number of nitrogens with one attached hydrogen (secondary N) is 1. The Balaban J connectivity index is 2.07. The SMILES string of the molecule is CCN(c1ccc(NC(=O)c2ccc(S(C)=O)cc2)cc1)C(C)C. The van der Waals surface area contributed by atoms with E-state index in [0.717, 1.165) is 17.9 Å². The quantitative estimate of drug-likeness (QED) is 0.864. The van der Waals surface area contributed by atoms with Crippen LogP contribution in [0.15, 0.2) is 53.4 Å². The van der Waals surface area contributed by atoms with E-state index in [1.54, 1.807) is 30.5 Å². The molecule has 0 aliphatic heterocycles. The smallest absolute Gasteiger partial charge is 0.255 e. The molecule has 1 N–H and O–H groups in total. The molecule has 2 rings (SSSR count). The number of nitrogens with zero attached hydrogens (tertiary/aromatic N) is 1. The van der Waals surface area contributed by atoms with Crippen LogP contribution in [0.4, 0.5) is 11.4 Å². The number of carbonyl (C=O) groups is 1. The van der Waals surface area contributed by atoms with Gasteiger partial charge >= 0.3 is 0 Å². The lowest BCUT2D eigenvalue weighted by atomic mass is 10.2. The Morgan fingerprint density at radius 1 is 1.08 bits per heavy atom. The normalized spacial score (nSPS) is 12.0. The molecule has 0 aliphatic rings. The molecule has 0 aliphatic carbocycles. The van der Waals surface area contributed by atoms with E-state index in [9.17, 15) is 9.00 Å². The Kier molecular flexibility index (Phi) is 6.15. The predicted octanol–water partition coefficient (Wildman–Crippen LogP) is 3.91. The Hall–Kier alpha value is -2.14.